The number of benzene rings is 1. The van der Waals surface area contributed by atoms with E-state index in [1.54, 1.807) is 12.1 Å². The fourth-order valence-corrected chi connectivity index (χ4v) is 1.21. The summed E-state index contributed by atoms with van der Waals surface area (Å²) in [5.74, 6) is -0.249. The first-order chi connectivity index (χ1) is 6.63. The lowest BCUT2D eigenvalue weighted by Crippen LogP contribution is -2.31. The quantitative estimate of drug-likeness (QED) is 0.678. The van der Waals surface area contributed by atoms with Crippen LogP contribution in [0.15, 0.2) is 24.3 Å². The number of carbonyl (C=O) groups excluding carboxylic acids is 1. The molecule has 0 radical (unpaired) electrons. The van der Waals surface area contributed by atoms with Gasteiger partial charge in [-0.1, -0.05) is 12.1 Å². The molecule has 1 aromatic rings. The molecular weight excluding hydrogens is 181 g/mol. The average Bonchev–Trinajstić information content (AvgIpc) is 2.16. The van der Waals surface area contributed by atoms with Crippen LogP contribution in [0.1, 0.15) is 5.56 Å². The molecule has 0 aliphatic carbocycles. The molecule has 1 unspecified atom stereocenters. The Balaban J connectivity index is 2.67. The lowest BCUT2D eigenvalue weighted by molar-refractivity contribution is -0.111. The summed E-state index contributed by atoms with van der Waals surface area (Å²) in [6, 6.07) is 6.09. The van der Waals surface area contributed by atoms with Gasteiger partial charge < -0.3 is 4.79 Å². The highest BCUT2D eigenvalue weighted by molar-refractivity contribution is 5.58. The van der Waals surface area contributed by atoms with E-state index >= 15 is 0 Å². The Labute approximate surface area is 83.3 Å². The summed E-state index contributed by atoms with van der Waals surface area (Å²) in [5.41, 5.74) is 0.970. The molecule has 2 nitrogen and oxygen atoms in total. The highest BCUT2D eigenvalue weighted by atomic mass is 19.1. The van der Waals surface area contributed by atoms with Gasteiger partial charge in [-0.05, 0) is 38.2 Å². The molecule has 0 saturated heterocycles. The third kappa shape index (κ3) is 2.92. The molecule has 0 amide bonds. The van der Waals surface area contributed by atoms with Crippen LogP contribution in [0.5, 0.6) is 0 Å². The molecule has 0 heterocycles. The third-order valence-corrected chi connectivity index (χ3v) is 2.18. The fraction of sp³-hybridized carbons (Fsp3) is 0.364. The summed E-state index contributed by atoms with van der Waals surface area (Å²) in [5, 5.41) is 0. The van der Waals surface area contributed by atoms with Gasteiger partial charge in [-0.25, -0.2) is 4.39 Å². The Morgan fingerprint density at radius 3 is 2.36 bits per heavy atom. The third-order valence-electron chi connectivity index (χ3n) is 2.18. The first-order valence-corrected chi connectivity index (χ1v) is 4.49. The van der Waals surface area contributed by atoms with Crippen molar-refractivity contribution in [1.29, 1.82) is 0 Å². The number of likely N-dealkylation sites (N-methyl/N-ethyl adjacent to an activating group) is 1. The summed E-state index contributed by atoms with van der Waals surface area (Å²) in [6.07, 6.45) is 1.53. The van der Waals surface area contributed by atoms with Gasteiger partial charge in [0.1, 0.15) is 12.1 Å². The van der Waals surface area contributed by atoms with Crippen LogP contribution < -0.4 is 0 Å². The smallest absolute Gasteiger partial charge is 0.137 e. The minimum absolute atomic E-state index is 0.138. The first kappa shape index (κ1) is 10.9. The second-order valence-electron chi connectivity index (χ2n) is 3.50. The molecule has 0 spiro atoms. The standard InChI is InChI=1S/C11H14FNO/c1-13(2)11(8-14)7-9-3-5-10(12)6-4-9/h3-6,8,11H,7H2,1-2H3. The lowest BCUT2D eigenvalue weighted by Gasteiger charge is -2.18. The van der Waals surface area contributed by atoms with E-state index in [0.717, 1.165) is 11.8 Å². The molecule has 76 valence electrons. The van der Waals surface area contributed by atoms with Crippen molar-refractivity contribution in [3.8, 4) is 0 Å². The van der Waals surface area contributed by atoms with E-state index < -0.39 is 0 Å². The van der Waals surface area contributed by atoms with E-state index in [4.69, 9.17) is 0 Å². The van der Waals surface area contributed by atoms with Crippen molar-refractivity contribution >= 4 is 6.29 Å². The van der Waals surface area contributed by atoms with Gasteiger partial charge in [-0.2, -0.15) is 0 Å². The van der Waals surface area contributed by atoms with Crippen molar-refractivity contribution in [1.82, 2.24) is 4.90 Å². The van der Waals surface area contributed by atoms with Crippen LogP contribution in [-0.2, 0) is 11.2 Å². The van der Waals surface area contributed by atoms with Crippen molar-refractivity contribution in [2.75, 3.05) is 14.1 Å². The van der Waals surface area contributed by atoms with Gasteiger partial charge in [0.05, 0.1) is 6.04 Å². The predicted molar refractivity (Wildman–Crippen MR) is 53.6 cm³/mol. The number of halogens is 1. The molecule has 1 atom stereocenters. The van der Waals surface area contributed by atoms with E-state index in [9.17, 15) is 9.18 Å². The molecule has 0 fully saturated rings. The summed E-state index contributed by atoms with van der Waals surface area (Å²) in [6.45, 7) is 0. The zero-order valence-electron chi connectivity index (χ0n) is 8.40. The summed E-state index contributed by atoms with van der Waals surface area (Å²) >= 11 is 0. The Bertz CT molecular complexity index is 295. The molecule has 0 aliphatic rings. The van der Waals surface area contributed by atoms with Gasteiger partial charge in [0.15, 0.2) is 0 Å². The second-order valence-corrected chi connectivity index (χ2v) is 3.50. The highest BCUT2D eigenvalue weighted by Crippen LogP contribution is 2.07. The van der Waals surface area contributed by atoms with E-state index in [2.05, 4.69) is 0 Å². The SMILES string of the molecule is CN(C)C(C=O)Cc1ccc(F)cc1. The zero-order valence-corrected chi connectivity index (χ0v) is 8.40. The Morgan fingerprint density at radius 1 is 1.36 bits per heavy atom. The zero-order chi connectivity index (χ0) is 10.6. The van der Waals surface area contributed by atoms with Gasteiger partial charge in [0.2, 0.25) is 0 Å². The number of aldehydes is 1. The number of carbonyl (C=O) groups is 1. The largest absolute Gasteiger partial charge is 0.302 e. The number of nitrogens with zero attached hydrogens (tertiary/aromatic N) is 1. The molecule has 0 aliphatic heterocycles. The van der Waals surface area contributed by atoms with Crippen LogP contribution in [0.25, 0.3) is 0 Å². The molecule has 3 heteroatoms. The highest BCUT2D eigenvalue weighted by Gasteiger charge is 2.10. The van der Waals surface area contributed by atoms with Gasteiger partial charge in [-0.3, -0.25) is 4.90 Å². The van der Waals surface area contributed by atoms with Crippen LogP contribution >= 0.6 is 0 Å². The predicted octanol–water partition coefficient (Wildman–Crippen LogP) is 1.50. The van der Waals surface area contributed by atoms with Crippen LogP contribution in [0.3, 0.4) is 0 Å². The molecule has 1 rings (SSSR count). The Kier molecular flexibility index (Phi) is 3.77. The van der Waals surface area contributed by atoms with E-state index in [1.807, 2.05) is 19.0 Å². The molecule has 1 aromatic carbocycles. The summed E-state index contributed by atoms with van der Waals surface area (Å²) in [4.78, 5) is 12.5. The molecule has 14 heavy (non-hydrogen) atoms. The van der Waals surface area contributed by atoms with Crippen LogP contribution in [0.2, 0.25) is 0 Å². The maximum absolute atomic E-state index is 12.6. The van der Waals surface area contributed by atoms with E-state index in [1.165, 1.54) is 12.1 Å². The maximum Gasteiger partial charge on any atom is 0.137 e. The van der Waals surface area contributed by atoms with Gasteiger partial charge in [0.25, 0.3) is 0 Å². The van der Waals surface area contributed by atoms with Crippen LogP contribution in [0, 0.1) is 5.82 Å². The van der Waals surface area contributed by atoms with Crippen molar-refractivity contribution in [2.24, 2.45) is 0 Å². The Hall–Kier alpha value is -1.22. The summed E-state index contributed by atoms with van der Waals surface area (Å²) < 4.78 is 12.6. The van der Waals surface area contributed by atoms with Gasteiger partial charge in [0, 0.05) is 0 Å². The van der Waals surface area contributed by atoms with Crippen molar-refractivity contribution in [3.63, 3.8) is 0 Å². The van der Waals surface area contributed by atoms with E-state index in [0.29, 0.717) is 6.42 Å². The minimum atomic E-state index is -0.249. The maximum atomic E-state index is 12.6. The fourth-order valence-electron chi connectivity index (χ4n) is 1.21. The van der Waals surface area contributed by atoms with Crippen LogP contribution in [0.4, 0.5) is 4.39 Å². The molecule has 0 N–H and O–H groups in total. The van der Waals surface area contributed by atoms with Crippen molar-refractivity contribution in [3.05, 3.63) is 35.6 Å². The van der Waals surface area contributed by atoms with Crippen LogP contribution in [-0.4, -0.2) is 31.3 Å². The Morgan fingerprint density at radius 2 is 1.93 bits per heavy atom. The number of rotatable bonds is 4. The molecule has 0 bridgehead atoms. The first-order valence-electron chi connectivity index (χ1n) is 4.49. The summed E-state index contributed by atoms with van der Waals surface area (Å²) in [7, 11) is 3.70. The number of hydrogen-bond acceptors (Lipinski definition) is 2. The monoisotopic (exact) mass is 195 g/mol. The molecule has 0 saturated carbocycles. The lowest BCUT2D eigenvalue weighted by atomic mass is 10.1. The molecule has 0 aromatic heterocycles. The van der Waals surface area contributed by atoms with Gasteiger partial charge in [-0.15, -0.1) is 0 Å². The average molecular weight is 195 g/mol. The van der Waals surface area contributed by atoms with Gasteiger partial charge >= 0.3 is 0 Å². The normalized spacial score (nSPS) is 12.9. The second kappa shape index (κ2) is 4.86. The van der Waals surface area contributed by atoms with E-state index in [-0.39, 0.29) is 11.9 Å². The van der Waals surface area contributed by atoms with Crippen molar-refractivity contribution in [2.45, 2.75) is 12.5 Å². The van der Waals surface area contributed by atoms with Crippen molar-refractivity contribution < 1.29 is 9.18 Å². The molecular formula is C11H14FNO. The number of hydrogen-bond donors (Lipinski definition) is 0. The minimum Gasteiger partial charge on any atom is -0.302 e. The topological polar surface area (TPSA) is 20.3 Å².